The van der Waals surface area contributed by atoms with Gasteiger partial charge in [0.05, 0.1) is 18.8 Å². The fraction of sp³-hybridized carbons (Fsp3) is 0.286. The lowest BCUT2D eigenvalue weighted by atomic mass is 10.0. The van der Waals surface area contributed by atoms with Crippen molar-refractivity contribution in [2.24, 2.45) is 0 Å². The van der Waals surface area contributed by atoms with E-state index < -0.39 is 0 Å². The van der Waals surface area contributed by atoms with E-state index in [4.69, 9.17) is 0 Å². The first-order valence-corrected chi connectivity index (χ1v) is 8.89. The van der Waals surface area contributed by atoms with E-state index in [-0.39, 0.29) is 11.9 Å². The highest BCUT2D eigenvalue weighted by Crippen LogP contribution is 2.17. The number of carbonyl (C=O) groups is 1. The maximum absolute atomic E-state index is 12.6. The zero-order valence-corrected chi connectivity index (χ0v) is 15.4. The molecule has 0 aliphatic rings. The Bertz CT molecular complexity index is 883. The Balaban J connectivity index is 1.69. The second-order valence-corrected chi connectivity index (χ2v) is 6.57. The predicted octanol–water partition coefficient (Wildman–Crippen LogP) is 3.82. The van der Waals surface area contributed by atoms with Gasteiger partial charge in [0.1, 0.15) is 0 Å². The van der Waals surface area contributed by atoms with Crippen LogP contribution in [0.25, 0.3) is 0 Å². The van der Waals surface area contributed by atoms with Gasteiger partial charge in [-0.3, -0.25) is 4.79 Å². The Labute approximate surface area is 154 Å². The van der Waals surface area contributed by atoms with Gasteiger partial charge in [-0.25, -0.2) is 4.68 Å². The molecule has 134 valence electrons. The molecule has 0 radical (unpaired) electrons. The second kappa shape index (κ2) is 7.95. The Hall–Kier alpha value is -2.95. The van der Waals surface area contributed by atoms with Gasteiger partial charge in [0, 0.05) is 0 Å². The molecular weight excluding hydrogens is 324 g/mol. The highest BCUT2D eigenvalue weighted by molar-refractivity contribution is 5.92. The van der Waals surface area contributed by atoms with Crippen molar-refractivity contribution in [3.63, 3.8) is 0 Å². The van der Waals surface area contributed by atoms with E-state index in [1.165, 1.54) is 11.1 Å². The Kier molecular flexibility index (Phi) is 5.46. The Morgan fingerprint density at radius 1 is 1.12 bits per heavy atom. The van der Waals surface area contributed by atoms with Crippen LogP contribution in [0.2, 0.25) is 0 Å². The smallest absolute Gasteiger partial charge is 0.273 e. The fourth-order valence-electron chi connectivity index (χ4n) is 2.89. The summed E-state index contributed by atoms with van der Waals surface area (Å²) in [6, 6.07) is 16.3. The first-order valence-electron chi connectivity index (χ1n) is 8.89. The summed E-state index contributed by atoms with van der Waals surface area (Å²) in [6.45, 7) is 6.77. The number of aromatic nitrogens is 3. The summed E-state index contributed by atoms with van der Waals surface area (Å²) in [7, 11) is 0. The van der Waals surface area contributed by atoms with E-state index >= 15 is 0 Å². The van der Waals surface area contributed by atoms with Crippen molar-refractivity contribution in [3.05, 3.63) is 82.7 Å². The predicted molar refractivity (Wildman–Crippen MR) is 102 cm³/mol. The molecule has 0 aliphatic heterocycles. The van der Waals surface area contributed by atoms with E-state index in [0.29, 0.717) is 12.2 Å². The summed E-state index contributed by atoms with van der Waals surface area (Å²) in [5, 5.41) is 11.2. The molecule has 1 atom stereocenters. The van der Waals surface area contributed by atoms with Gasteiger partial charge in [0.15, 0.2) is 5.69 Å². The molecule has 0 saturated heterocycles. The van der Waals surface area contributed by atoms with Crippen LogP contribution in [0.1, 0.15) is 52.1 Å². The monoisotopic (exact) mass is 348 g/mol. The van der Waals surface area contributed by atoms with Crippen LogP contribution >= 0.6 is 0 Å². The van der Waals surface area contributed by atoms with Gasteiger partial charge in [-0.1, -0.05) is 66.2 Å². The maximum atomic E-state index is 12.6. The molecule has 26 heavy (non-hydrogen) atoms. The fourth-order valence-corrected chi connectivity index (χ4v) is 2.89. The van der Waals surface area contributed by atoms with Crippen LogP contribution in [0, 0.1) is 13.8 Å². The lowest BCUT2D eigenvalue weighted by Crippen LogP contribution is -2.28. The number of aryl methyl sites for hydroxylation is 2. The highest BCUT2D eigenvalue weighted by Gasteiger charge is 2.17. The van der Waals surface area contributed by atoms with Gasteiger partial charge in [-0.15, -0.1) is 5.10 Å². The van der Waals surface area contributed by atoms with Crippen LogP contribution in [-0.4, -0.2) is 20.9 Å². The summed E-state index contributed by atoms with van der Waals surface area (Å²) < 4.78 is 1.70. The summed E-state index contributed by atoms with van der Waals surface area (Å²) in [6.07, 6.45) is 2.51. The maximum Gasteiger partial charge on any atom is 0.273 e. The molecule has 5 nitrogen and oxygen atoms in total. The molecule has 5 heteroatoms. The first-order chi connectivity index (χ1) is 12.6. The molecule has 1 aromatic heterocycles. The first kappa shape index (κ1) is 17.9. The van der Waals surface area contributed by atoms with Crippen molar-refractivity contribution in [2.75, 3.05) is 0 Å². The van der Waals surface area contributed by atoms with Crippen molar-refractivity contribution in [1.82, 2.24) is 20.3 Å². The standard InChI is InChI=1S/C21H24N4O/c1-4-19(17-11-9-15(2)10-12-17)22-21(26)20-14-25(24-23-20)13-18-8-6-5-7-16(18)3/h5-12,14,19H,4,13H2,1-3H3,(H,22,26)/t19-/m1/s1. The topological polar surface area (TPSA) is 59.8 Å². The Morgan fingerprint density at radius 3 is 2.54 bits per heavy atom. The molecule has 1 heterocycles. The molecular formula is C21H24N4O. The zero-order chi connectivity index (χ0) is 18.5. The van der Waals surface area contributed by atoms with Crippen molar-refractivity contribution in [3.8, 4) is 0 Å². The number of hydrogen-bond acceptors (Lipinski definition) is 3. The second-order valence-electron chi connectivity index (χ2n) is 6.57. The molecule has 0 spiro atoms. The van der Waals surface area contributed by atoms with E-state index in [2.05, 4.69) is 72.8 Å². The molecule has 0 saturated carbocycles. The van der Waals surface area contributed by atoms with Gasteiger partial charge in [-0.05, 0) is 37.0 Å². The van der Waals surface area contributed by atoms with Crippen LogP contribution in [0.5, 0.6) is 0 Å². The number of nitrogens with zero attached hydrogens (tertiary/aromatic N) is 3. The average molecular weight is 348 g/mol. The van der Waals surface area contributed by atoms with Crippen molar-refractivity contribution in [1.29, 1.82) is 0 Å². The molecule has 0 unspecified atom stereocenters. The summed E-state index contributed by atoms with van der Waals surface area (Å²) in [5.74, 6) is -0.201. The summed E-state index contributed by atoms with van der Waals surface area (Å²) in [5.41, 5.74) is 4.99. The minimum atomic E-state index is -0.201. The van der Waals surface area contributed by atoms with Crippen molar-refractivity contribution < 1.29 is 4.79 Å². The number of rotatable bonds is 6. The largest absolute Gasteiger partial charge is 0.344 e. The van der Waals surface area contributed by atoms with Gasteiger partial charge in [-0.2, -0.15) is 0 Å². The van der Waals surface area contributed by atoms with Gasteiger partial charge in [0.2, 0.25) is 0 Å². The number of amides is 1. The lowest BCUT2D eigenvalue weighted by molar-refractivity contribution is 0.0930. The van der Waals surface area contributed by atoms with Gasteiger partial charge >= 0.3 is 0 Å². The van der Waals surface area contributed by atoms with E-state index in [9.17, 15) is 4.79 Å². The van der Waals surface area contributed by atoms with E-state index in [0.717, 1.165) is 17.5 Å². The quantitative estimate of drug-likeness (QED) is 0.736. The zero-order valence-electron chi connectivity index (χ0n) is 15.4. The third-order valence-corrected chi connectivity index (χ3v) is 4.56. The van der Waals surface area contributed by atoms with Gasteiger partial charge < -0.3 is 5.32 Å². The normalized spacial score (nSPS) is 12.0. The lowest BCUT2D eigenvalue weighted by Gasteiger charge is -2.16. The average Bonchev–Trinajstić information content (AvgIpc) is 3.11. The summed E-state index contributed by atoms with van der Waals surface area (Å²) >= 11 is 0. The molecule has 2 aromatic carbocycles. The van der Waals surface area contributed by atoms with Crippen LogP contribution in [0.4, 0.5) is 0 Å². The van der Waals surface area contributed by atoms with Crippen LogP contribution in [0.15, 0.2) is 54.7 Å². The number of nitrogens with one attached hydrogen (secondary N) is 1. The number of carbonyl (C=O) groups excluding carboxylic acids is 1. The van der Waals surface area contributed by atoms with Crippen molar-refractivity contribution >= 4 is 5.91 Å². The van der Waals surface area contributed by atoms with Crippen LogP contribution in [-0.2, 0) is 6.54 Å². The van der Waals surface area contributed by atoms with Gasteiger partial charge in [0.25, 0.3) is 5.91 Å². The minimum Gasteiger partial charge on any atom is -0.344 e. The number of hydrogen-bond donors (Lipinski definition) is 1. The third-order valence-electron chi connectivity index (χ3n) is 4.56. The molecule has 3 rings (SSSR count). The third kappa shape index (κ3) is 4.17. The molecule has 1 N–H and O–H groups in total. The SMILES string of the molecule is CC[C@@H](NC(=O)c1cn(Cc2ccccc2C)nn1)c1ccc(C)cc1. The molecule has 1 amide bonds. The summed E-state index contributed by atoms with van der Waals surface area (Å²) in [4.78, 5) is 12.6. The number of benzene rings is 2. The molecule has 3 aromatic rings. The van der Waals surface area contributed by atoms with E-state index in [1.54, 1.807) is 10.9 Å². The Morgan fingerprint density at radius 2 is 1.85 bits per heavy atom. The minimum absolute atomic E-state index is 0.0374. The van der Waals surface area contributed by atoms with Crippen molar-refractivity contribution in [2.45, 2.75) is 39.8 Å². The molecule has 0 bridgehead atoms. The van der Waals surface area contributed by atoms with E-state index in [1.807, 2.05) is 12.1 Å². The van der Waals surface area contributed by atoms with Crippen LogP contribution < -0.4 is 5.32 Å². The van der Waals surface area contributed by atoms with Crippen LogP contribution in [0.3, 0.4) is 0 Å². The molecule has 0 aliphatic carbocycles. The molecule has 0 fully saturated rings. The highest BCUT2D eigenvalue weighted by atomic mass is 16.2.